The minimum atomic E-state index is -4.46. The van der Waals surface area contributed by atoms with Gasteiger partial charge in [0, 0.05) is 6.20 Å². The van der Waals surface area contributed by atoms with Crippen LogP contribution in [-0.4, -0.2) is 9.38 Å². The van der Waals surface area contributed by atoms with E-state index in [2.05, 4.69) is 4.98 Å². The first-order chi connectivity index (χ1) is 7.04. The number of nitrogens with zero attached hydrogens (tertiary/aromatic N) is 2. The van der Waals surface area contributed by atoms with Gasteiger partial charge in [-0.2, -0.15) is 13.2 Å². The molecule has 0 N–H and O–H groups in total. The van der Waals surface area contributed by atoms with E-state index >= 15 is 0 Å². The Morgan fingerprint density at radius 1 is 1.31 bits per heavy atom. The van der Waals surface area contributed by atoms with Gasteiger partial charge in [0.05, 0.1) is 11.6 Å². The van der Waals surface area contributed by atoms with Crippen molar-refractivity contribution in [2.75, 3.05) is 0 Å². The number of alkyl halides is 4. The topological polar surface area (TPSA) is 17.3 Å². The van der Waals surface area contributed by atoms with Gasteiger partial charge in [0.1, 0.15) is 5.65 Å². The zero-order chi connectivity index (χ0) is 11.1. The highest BCUT2D eigenvalue weighted by molar-refractivity contribution is 6.17. The second kappa shape index (κ2) is 4.51. The van der Waals surface area contributed by atoms with Crippen molar-refractivity contribution < 1.29 is 13.2 Å². The summed E-state index contributed by atoms with van der Waals surface area (Å²) in [5, 5.41) is 0. The molecule has 0 aliphatic carbocycles. The van der Waals surface area contributed by atoms with Gasteiger partial charge in [0.15, 0.2) is 5.69 Å². The zero-order valence-electron chi connectivity index (χ0n) is 7.83. The molecule has 0 amide bonds. The van der Waals surface area contributed by atoms with E-state index < -0.39 is 11.9 Å². The fourth-order valence-electron chi connectivity index (χ4n) is 1.40. The molecule has 0 aliphatic rings. The third-order valence-electron chi connectivity index (χ3n) is 2.02. The van der Waals surface area contributed by atoms with Gasteiger partial charge in [-0.1, -0.05) is 6.07 Å². The van der Waals surface area contributed by atoms with Gasteiger partial charge in [0.2, 0.25) is 0 Å². The minimum absolute atomic E-state index is 0. The van der Waals surface area contributed by atoms with Crippen molar-refractivity contribution in [3.05, 3.63) is 35.8 Å². The summed E-state index contributed by atoms with van der Waals surface area (Å²) < 4.78 is 39.0. The van der Waals surface area contributed by atoms with Gasteiger partial charge in [0.25, 0.3) is 0 Å². The Kier molecular flexibility index (Phi) is 3.70. The molecule has 2 aromatic heterocycles. The molecule has 0 spiro atoms. The van der Waals surface area contributed by atoms with Crippen molar-refractivity contribution in [2.24, 2.45) is 0 Å². The standard InChI is InChI=1S/C9H6ClF3N2.ClH/c10-5-6-8(9(11,12)13)14-7-3-1-2-4-15(6)7;/h1-4H,5H2;1H. The lowest BCUT2D eigenvalue weighted by atomic mass is 10.3. The van der Waals surface area contributed by atoms with E-state index in [0.29, 0.717) is 0 Å². The summed E-state index contributed by atoms with van der Waals surface area (Å²) in [7, 11) is 0. The highest BCUT2D eigenvalue weighted by atomic mass is 35.5. The Balaban J connectivity index is 0.00000128. The maximum Gasteiger partial charge on any atom is 0.435 e. The second-order valence-corrected chi connectivity index (χ2v) is 3.23. The molecule has 0 bridgehead atoms. The minimum Gasteiger partial charge on any atom is -0.302 e. The number of halogens is 5. The van der Waals surface area contributed by atoms with Gasteiger partial charge < -0.3 is 4.40 Å². The van der Waals surface area contributed by atoms with E-state index in [1.807, 2.05) is 0 Å². The Morgan fingerprint density at radius 2 is 2.00 bits per heavy atom. The van der Waals surface area contributed by atoms with Crippen molar-refractivity contribution >= 4 is 29.7 Å². The summed E-state index contributed by atoms with van der Waals surface area (Å²) >= 11 is 5.50. The molecule has 0 saturated carbocycles. The Hall–Kier alpha value is -0.940. The monoisotopic (exact) mass is 270 g/mol. The molecule has 0 fully saturated rings. The molecule has 0 saturated heterocycles. The van der Waals surface area contributed by atoms with Crippen LogP contribution in [0.1, 0.15) is 11.4 Å². The SMILES string of the molecule is Cl.FC(F)(F)c1nc2ccccn2c1CCl. The van der Waals surface area contributed by atoms with Crippen LogP contribution < -0.4 is 0 Å². The molecule has 2 nitrogen and oxygen atoms in total. The Morgan fingerprint density at radius 3 is 2.56 bits per heavy atom. The largest absolute Gasteiger partial charge is 0.435 e. The molecule has 7 heteroatoms. The van der Waals surface area contributed by atoms with Crippen LogP contribution in [0.4, 0.5) is 13.2 Å². The predicted octanol–water partition coefficient (Wildman–Crippen LogP) is 3.51. The molecule has 16 heavy (non-hydrogen) atoms. The number of hydrogen-bond donors (Lipinski definition) is 0. The molecule has 0 unspecified atom stereocenters. The molecule has 0 atom stereocenters. The molecular formula is C9H7Cl2F3N2. The van der Waals surface area contributed by atoms with Crippen molar-refractivity contribution in [3.8, 4) is 0 Å². The van der Waals surface area contributed by atoms with Crippen LogP contribution in [0.25, 0.3) is 5.65 Å². The summed E-state index contributed by atoms with van der Waals surface area (Å²) in [6, 6.07) is 4.76. The molecular weight excluding hydrogens is 264 g/mol. The van der Waals surface area contributed by atoms with Crippen molar-refractivity contribution in [1.29, 1.82) is 0 Å². The van der Waals surface area contributed by atoms with Crippen LogP contribution in [0.3, 0.4) is 0 Å². The van der Waals surface area contributed by atoms with Crippen LogP contribution in [0.2, 0.25) is 0 Å². The van der Waals surface area contributed by atoms with Gasteiger partial charge in [-0.25, -0.2) is 4.98 Å². The van der Waals surface area contributed by atoms with Gasteiger partial charge in [-0.15, -0.1) is 24.0 Å². The van der Waals surface area contributed by atoms with Gasteiger partial charge >= 0.3 is 6.18 Å². The molecule has 88 valence electrons. The van der Waals surface area contributed by atoms with E-state index in [0.717, 1.165) is 0 Å². The first kappa shape index (κ1) is 13.1. The third kappa shape index (κ3) is 2.10. The number of fused-ring (bicyclic) bond motifs is 1. The number of imidazole rings is 1. The van der Waals surface area contributed by atoms with Crippen molar-refractivity contribution in [3.63, 3.8) is 0 Å². The van der Waals surface area contributed by atoms with E-state index in [-0.39, 0.29) is 29.6 Å². The average molecular weight is 271 g/mol. The van der Waals surface area contributed by atoms with Crippen molar-refractivity contribution in [1.82, 2.24) is 9.38 Å². The first-order valence-corrected chi connectivity index (χ1v) is 4.66. The van der Waals surface area contributed by atoms with Crippen LogP contribution >= 0.6 is 24.0 Å². The third-order valence-corrected chi connectivity index (χ3v) is 2.28. The summed E-state index contributed by atoms with van der Waals surface area (Å²) in [5.74, 6) is -0.222. The highest BCUT2D eigenvalue weighted by Crippen LogP contribution is 2.32. The van der Waals surface area contributed by atoms with E-state index in [1.54, 1.807) is 12.1 Å². The molecule has 2 heterocycles. The summed E-state index contributed by atoms with van der Waals surface area (Å²) in [4.78, 5) is 3.51. The first-order valence-electron chi connectivity index (χ1n) is 4.13. The second-order valence-electron chi connectivity index (χ2n) is 2.97. The molecule has 2 aromatic rings. The lowest BCUT2D eigenvalue weighted by Crippen LogP contribution is -2.08. The van der Waals surface area contributed by atoms with E-state index in [1.165, 1.54) is 16.7 Å². The summed E-state index contributed by atoms with van der Waals surface area (Å²) in [6.45, 7) is 0. The smallest absolute Gasteiger partial charge is 0.302 e. The zero-order valence-corrected chi connectivity index (χ0v) is 9.40. The highest BCUT2D eigenvalue weighted by Gasteiger charge is 2.37. The number of hydrogen-bond acceptors (Lipinski definition) is 1. The molecule has 2 rings (SSSR count). The number of aromatic nitrogens is 2. The quantitative estimate of drug-likeness (QED) is 0.725. The summed E-state index contributed by atoms with van der Waals surface area (Å²) in [5.41, 5.74) is -0.691. The maximum atomic E-state index is 12.5. The van der Waals surface area contributed by atoms with Crippen LogP contribution in [-0.2, 0) is 12.1 Å². The number of pyridine rings is 1. The van der Waals surface area contributed by atoms with Gasteiger partial charge in [-0.05, 0) is 12.1 Å². The average Bonchev–Trinajstić information content (AvgIpc) is 2.55. The van der Waals surface area contributed by atoms with E-state index in [4.69, 9.17) is 11.6 Å². The lowest BCUT2D eigenvalue weighted by molar-refractivity contribution is -0.141. The summed E-state index contributed by atoms with van der Waals surface area (Å²) in [6.07, 6.45) is -2.95. The molecule has 0 aliphatic heterocycles. The maximum absolute atomic E-state index is 12.5. The van der Waals surface area contributed by atoms with Crippen molar-refractivity contribution in [2.45, 2.75) is 12.1 Å². The van der Waals surface area contributed by atoms with Crippen LogP contribution in [0.5, 0.6) is 0 Å². The lowest BCUT2D eigenvalue weighted by Gasteiger charge is -2.04. The Bertz CT molecular complexity index is 493. The normalized spacial score (nSPS) is 11.5. The fraction of sp³-hybridized carbons (Fsp3) is 0.222. The predicted molar refractivity (Wildman–Crippen MR) is 57.0 cm³/mol. The fourth-order valence-corrected chi connectivity index (χ4v) is 1.66. The molecule has 0 radical (unpaired) electrons. The molecule has 0 aromatic carbocycles. The van der Waals surface area contributed by atoms with Crippen LogP contribution in [0.15, 0.2) is 24.4 Å². The van der Waals surface area contributed by atoms with E-state index in [9.17, 15) is 13.2 Å². The van der Waals surface area contributed by atoms with Crippen LogP contribution in [0, 0.1) is 0 Å². The van der Waals surface area contributed by atoms with Gasteiger partial charge in [-0.3, -0.25) is 0 Å². The Labute approximate surface area is 100 Å². The number of rotatable bonds is 1.